The second kappa shape index (κ2) is 8.40. The van der Waals surface area contributed by atoms with Crippen LogP contribution in [-0.2, 0) is 0 Å². The van der Waals surface area contributed by atoms with Crippen molar-refractivity contribution in [2.75, 3.05) is 6.79 Å². The van der Waals surface area contributed by atoms with E-state index >= 15 is 0 Å². The number of nitrogens with zero attached hydrogens (tertiary/aromatic N) is 4. The summed E-state index contributed by atoms with van der Waals surface area (Å²) in [4.78, 5) is 17.5. The maximum Gasteiger partial charge on any atom is 0.282 e. The molecule has 0 fully saturated rings. The van der Waals surface area contributed by atoms with Gasteiger partial charge in [-0.15, -0.1) is 22.7 Å². The monoisotopic (exact) mass is 464 g/mol. The van der Waals surface area contributed by atoms with Crippen molar-refractivity contribution in [1.82, 2.24) is 4.68 Å². The number of rotatable bonds is 5. The summed E-state index contributed by atoms with van der Waals surface area (Å²) in [7, 11) is 0. The number of nitro groups is 1. The molecule has 4 aromatic rings. The molecule has 0 atom stereocenters. The quantitative estimate of drug-likeness (QED) is 0.226. The van der Waals surface area contributed by atoms with Crippen LogP contribution in [0, 0.1) is 17.0 Å². The van der Waals surface area contributed by atoms with Gasteiger partial charge in [-0.1, -0.05) is 23.8 Å². The molecular weight excluding hydrogens is 448 g/mol. The molecule has 10 heteroatoms. The molecule has 8 nitrogen and oxygen atoms in total. The van der Waals surface area contributed by atoms with Gasteiger partial charge in [0.25, 0.3) is 5.69 Å². The first kappa shape index (κ1) is 20.2. The number of hydrogen-bond donors (Lipinski definition) is 0. The number of benzene rings is 2. The van der Waals surface area contributed by atoms with Crippen molar-refractivity contribution >= 4 is 40.3 Å². The smallest absolute Gasteiger partial charge is 0.282 e. The lowest BCUT2D eigenvalue weighted by Gasteiger charge is -2.03. The Kier molecular flexibility index (Phi) is 5.29. The van der Waals surface area contributed by atoms with Gasteiger partial charge in [0.2, 0.25) is 11.6 Å². The van der Waals surface area contributed by atoms with Gasteiger partial charge in [0, 0.05) is 5.38 Å². The summed E-state index contributed by atoms with van der Waals surface area (Å²) in [6, 6.07) is 14.8. The number of aromatic nitrogens is 1. The normalized spacial score (nSPS) is 13.2. The Morgan fingerprint density at radius 1 is 1.12 bits per heavy atom. The Hall–Kier alpha value is -3.76. The van der Waals surface area contributed by atoms with Crippen LogP contribution in [-0.4, -0.2) is 22.6 Å². The molecule has 160 valence electrons. The molecule has 1 aliphatic rings. The first-order valence-corrected chi connectivity index (χ1v) is 11.3. The van der Waals surface area contributed by atoms with E-state index in [2.05, 4.69) is 5.10 Å². The van der Waals surface area contributed by atoms with Crippen molar-refractivity contribution < 1.29 is 14.4 Å². The second-order valence-electron chi connectivity index (χ2n) is 6.91. The molecule has 2 aromatic heterocycles. The van der Waals surface area contributed by atoms with E-state index < -0.39 is 4.92 Å². The van der Waals surface area contributed by atoms with Gasteiger partial charge in [0.15, 0.2) is 11.5 Å². The second-order valence-corrected chi connectivity index (χ2v) is 8.69. The minimum atomic E-state index is -0.459. The van der Waals surface area contributed by atoms with Crippen LogP contribution in [0.3, 0.4) is 0 Å². The van der Waals surface area contributed by atoms with Crippen LogP contribution in [0.1, 0.15) is 11.1 Å². The molecule has 0 aliphatic carbocycles. The number of thiophene rings is 1. The van der Waals surface area contributed by atoms with Gasteiger partial charge in [-0.2, -0.15) is 5.10 Å². The number of thiazole rings is 1. The molecule has 0 radical (unpaired) electrons. The Morgan fingerprint density at radius 3 is 2.62 bits per heavy atom. The van der Waals surface area contributed by atoms with Gasteiger partial charge in [-0.25, -0.2) is 9.67 Å². The Balaban J connectivity index is 1.63. The number of hydrogen-bond acceptors (Lipinski definition) is 8. The van der Waals surface area contributed by atoms with E-state index in [0.29, 0.717) is 21.9 Å². The number of nitro benzene ring substituents is 1. The summed E-state index contributed by atoms with van der Waals surface area (Å²) >= 11 is 3.03. The first-order chi connectivity index (χ1) is 15.6. The van der Waals surface area contributed by atoms with Gasteiger partial charge in [0.05, 0.1) is 39.0 Å². The zero-order chi connectivity index (χ0) is 22.1. The molecule has 0 saturated heterocycles. The Labute approximate surface area is 190 Å². The van der Waals surface area contributed by atoms with E-state index in [0.717, 1.165) is 21.8 Å². The van der Waals surface area contributed by atoms with Crippen LogP contribution < -0.4 is 14.3 Å². The van der Waals surface area contributed by atoms with Crippen LogP contribution in [0.15, 0.2) is 69.4 Å². The van der Waals surface area contributed by atoms with Crippen molar-refractivity contribution in [1.29, 1.82) is 0 Å². The van der Waals surface area contributed by atoms with E-state index in [9.17, 15) is 10.1 Å². The van der Waals surface area contributed by atoms with Gasteiger partial charge < -0.3 is 9.47 Å². The highest BCUT2D eigenvalue weighted by Crippen LogP contribution is 2.37. The van der Waals surface area contributed by atoms with E-state index in [1.807, 2.05) is 54.1 Å². The maximum absolute atomic E-state index is 11.6. The average molecular weight is 465 g/mol. The van der Waals surface area contributed by atoms with Crippen LogP contribution in [0.25, 0.3) is 10.6 Å². The van der Waals surface area contributed by atoms with Gasteiger partial charge in [-0.3, -0.25) is 10.1 Å². The number of aryl methyl sites for hydroxylation is 1. The molecule has 0 unspecified atom stereocenters. The minimum absolute atomic E-state index is 0.0362. The molecule has 0 bridgehead atoms. The summed E-state index contributed by atoms with van der Waals surface area (Å²) < 4.78 is 12.3. The van der Waals surface area contributed by atoms with E-state index in [4.69, 9.17) is 14.5 Å². The van der Waals surface area contributed by atoms with E-state index in [1.165, 1.54) is 23.6 Å². The Morgan fingerprint density at radius 2 is 1.91 bits per heavy atom. The third-order valence-corrected chi connectivity index (χ3v) is 6.46. The zero-order valence-electron chi connectivity index (χ0n) is 16.8. The highest BCUT2D eigenvalue weighted by Gasteiger charge is 2.22. The van der Waals surface area contributed by atoms with Gasteiger partial charge >= 0.3 is 0 Å². The van der Waals surface area contributed by atoms with Crippen molar-refractivity contribution in [3.05, 3.63) is 85.3 Å². The van der Waals surface area contributed by atoms with Crippen molar-refractivity contribution in [2.45, 2.75) is 6.92 Å². The lowest BCUT2D eigenvalue weighted by Crippen LogP contribution is -2.11. The molecule has 0 N–H and O–H groups in total. The standard InChI is InChI=1S/C22H16N4O4S2/c1-14-4-6-16(7-5-14)24-22-25(18(12-32-22)21-3-2-8-31-21)23-11-15-9-19-20(30-13-29-19)10-17(15)26(27)28/h2-12H,13H2,1H3. The largest absolute Gasteiger partial charge is 0.454 e. The highest BCUT2D eigenvalue weighted by molar-refractivity contribution is 7.14. The fourth-order valence-electron chi connectivity index (χ4n) is 3.14. The SMILES string of the molecule is Cc1ccc(N=c2scc(-c3cccs3)n2N=Cc2cc3c(cc2[N+](=O)[O-])OCO3)cc1. The molecular formula is C22H16N4O4S2. The number of fused-ring (bicyclic) bond motifs is 1. The van der Waals surface area contributed by atoms with Gasteiger partial charge in [-0.05, 0) is 36.6 Å². The topological polar surface area (TPSA) is 91.2 Å². The summed E-state index contributed by atoms with van der Waals surface area (Å²) in [6.07, 6.45) is 1.46. The molecule has 0 saturated carbocycles. The molecule has 2 aromatic carbocycles. The average Bonchev–Trinajstić information content (AvgIpc) is 3.54. The van der Waals surface area contributed by atoms with Crippen LogP contribution in [0.4, 0.5) is 11.4 Å². The lowest BCUT2D eigenvalue weighted by molar-refractivity contribution is -0.385. The van der Waals surface area contributed by atoms with Crippen molar-refractivity contribution in [3.8, 4) is 22.1 Å². The Bertz CT molecular complexity index is 1390. The van der Waals surface area contributed by atoms with E-state index in [1.54, 1.807) is 22.1 Å². The maximum atomic E-state index is 11.6. The van der Waals surface area contributed by atoms with E-state index in [-0.39, 0.29) is 12.5 Å². The molecule has 5 rings (SSSR count). The first-order valence-electron chi connectivity index (χ1n) is 9.57. The predicted molar refractivity (Wildman–Crippen MR) is 124 cm³/mol. The van der Waals surface area contributed by atoms with Crippen LogP contribution in [0.2, 0.25) is 0 Å². The molecule has 32 heavy (non-hydrogen) atoms. The third-order valence-electron chi connectivity index (χ3n) is 4.75. The van der Waals surface area contributed by atoms with Crippen molar-refractivity contribution in [3.63, 3.8) is 0 Å². The highest BCUT2D eigenvalue weighted by atomic mass is 32.1. The van der Waals surface area contributed by atoms with Crippen LogP contribution in [0.5, 0.6) is 11.5 Å². The summed E-state index contributed by atoms with van der Waals surface area (Å²) in [5.74, 6) is 0.807. The molecule has 3 heterocycles. The minimum Gasteiger partial charge on any atom is -0.454 e. The zero-order valence-corrected chi connectivity index (χ0v) is 18.4. The van der Waals surface area contributed by atoms with Crippen LogP contribution >= 0.6 is 22.7 Å². The third kappa shape index (κ3) is 3.93. The fraction of sp³-hybridized carbons (Fsp3) is 0.0909. The molecule has 0 spiro atoms. The number of ether oxygens (including phenoxy) is 2. The summed E-state index contributed by atoms with van der Waals surface area (Å²) in [5.41, 5.74) is 3.01. The van der Waals surface area contributed by atoms with Crippen molar-refractivity contribution in [2.24, 2.45) is 10.1 Å². The molecule has 1 aliphatic heterocycles. The van der Waals surface area contributed by atoms with Gasteiger partial charge in [0.1, 0.15) is 0 Å². The fourth-order valence-corrected chi connectivity index (χ4v) is 4.79. The summed E-state index contributed by atoms with van der Waals surface area (Å²) in [6.45, 7) is 2.06. The lowest BCUT2D eigenvalue weighted by atomic mass is 10.1. The molecule has 0 amide bonds. The summed E-state index contributed by atoms with van der Waals surface area (Å²) in [5, 5.41) is 20.2. The predicted octanol–water partition coefficient (Wildman–Crippen LogP) is 5.34.